The quantitative estimate of drug-likeness (QED) is 0.816. The van der Waals surface area contributed by atoms with Gasteiger partial charge < -0.3 is 15.2 Å². The van der Waals surface area contributed by atoms with Crippen molar-refractivity contribution in [3.05, 3.63) is 48.3 Å². The van der Waals surface area contributed by atoms with E-state index in [0.717, 1.165) is 5.56 Å². The molecule has 0 amide bonds. The molecule has 1 aromatic carbocycles. The van der Waals surface area contributed by atoms with E-state index in [-0.39, 0.29) is 6.10 Å². The second-order valence-corrected chi connectivity index (χ2v) is 5.13. The molecule has 2 aromatic rings. The molecule has 0 bridgehead atoms. The van der Waals surface area contributed by atoms with E-state index < -0.39 is 12.0 Å². The van der Waals surface area contributed by atoms with Crippen molar-refractivity contribution in [1.82, 2.24) is 9.97 Å². The molecule has 2 rings (SSSR count). The summed E-state index contributed by atoms with van der Waals surface area (Å²) in [5.41, 5.74) is 0.940. The predicted molar refractivity (Wildman–Crippen MR) is 83.0 cm³/mol. The Labute approximate surface area is 129 Å². The molecule has 6 heteroatoms. The molecule has 0 aliphatic rings. The van der Waals surface area contributed by atoms with Crippen molar-refractivity contribution in [1.29, 1.82) is 0 Å². The summed E-state index contributed by atoms with van der Waals surface area (Å²) in [6.45, 7) is 3.79. The van der Waals surface area contributed by atoms with Gasteiger partial charge in [0.1, 0.15) is 18.2 Å². The standard InChI is InChI=1S/C16H19N3O3/c1-11(2)22-15-9-14(17-10-18-15)19-13(16(20)21)8-12-6-4-3-5-7-12/h3-7,9-11,13H,8H2,1-2H3,(H,20,21)(H,17,18,19)/t13-/m1/s1. The molecule has 0 saturated heterocycles. The second kappa shape index (κ2) is 7.40. The Balaban J connectivity index is 2.09. The summed E-state index contributed by atoms with van der Waals surface area (Å²) in [6.07, 6.45) is 1.70. The van der Waals surface area contributed by atoms with Gasteiger partial charge in [-0.2, -0.15) is 0 Å². The minimum atomic E-state index is -0.936. The number of nitrogens with zero attached hydrogens (tertiary/aromatic N) is 2. The number of nitrogens with one attached hydrogen (secondary N) is 1. The number of aliphatic carboxylic acids is 1. The summed E-state index contributed by atoms with van der Waals surface area (Å²) in [7, 11) is 0. The van der Waals surface area contributed by atoms with Gasteiger partial charge in [-0.3, -0.25) is 0 Å². The third kappa shape index (κ3) is 4.73. The molecule has 2 N–H and O–H groups in total. The minimum Gasteiger partial charge on any atom is -0.480 e. The maximum atomic E-state index is 11.4. The number of carboxylic acids is 1. The average Bonchev–Trinajstić information content (AvgIpc) is 2.47. The van der Waals surface area contributed by atoms with Crippen molar-refractivity contribution in [2.75, 3.05) is 5.32 Å². The number of benzene rings is 1. The van der Waals surface area contributed by atoms with E-state index in [1.54, 1.807) is 6.07 Å². The normalized spacial score (nSPS) is 12.0. The third-order valence-electron chi connectivity index (χ3n) is 2.90. The van der Waals surface area contributed by atoms with Gasteiger partial charge in [-0.05, 0) is 19.4 Å². The zero-order chi connectivity index (χ0) is 15.9. The molecule has 0 aliphatic heterocycles. The second-order valence-electron chi connectivity index (χ2n) is 5.13. The molecule has 1 atom stereocenters. The van der Waals surface area contributed by atoms with E-state index in [4.69, 9.17) is 4.74 Å². The summed E-state index contributed by atoms with van der Waals surface area (Å²) in [4.78, 5) is 19.5. The van der Waals surface area contributed by atoms with Crippen LogP contribution >= 0.6 is 0 Å². The number of carboxylic acid groups (broad SMARTS) is 1. The molecule has 116 valence electrons. The lowest BCUT2D eigenvalue weighted by Crippen LogP contribution is -2.31. The fraction of sp³-hybridized carbons (Fsp3) is 0.312. The van der Waals surface area contributed by atoms with E-state index in [0.29, 0.717) is 18.1 Å². The van der Waals surface area contributed by atoms with E-state index in [1.807, 2.05) is 44.2 Å². The van der Waals surface area contributed by atoms with Crippen LogP contribution in [0.15, 0.2) is 42.7 Å². The van der Waals surface area contributed by atoms with Gasteiger partial charge in [0.15, 0.2) is 0 Å². The smallest absolute Gasteiger partial charge is 0.326 e. The van der Waals surface area contributed by atoms with Gasteiger partial charge >= 0.3 is 5.97 Å². The zero-order valence-corrected chi connectivity index (χ0v) is 12.6. The van der Waals surface area contributed by atoms with E-state index in [9.17, 15) is 9.90 Å². The van der Waals surface area contributed by atoms with Gasteiger partial charge in [-0.1, -0.05) is 30.3 Å². The number of ether oxygens (including phenoxy) is 1. The van der Waals surface area contributed by atoms with Gasteiger partial charge in [-0.15, -0.1) is 0 Å². The number of anilines is 1. The van der Waals surface area contributed by atoms with Crippen LogP contribution in [0.4, 0.5) is 5.82 Å². The monoisotopic (exact) mass is 301 g/mol. The molecule has 0 unspecified atom stereocenters. The highest BCUT2D eigenvalue weighted by Gasteiger charge is 2.18. The van der Waals surface area contributed by atoms with Crippen molar-refractivity contribution >= 4 is 11.8 Å². The lowest BCUT2D eigenvalue weighted by atomic mass is 10.1. The first-order valence-electron chi connectivity index (χ1n) is 7.06. The number of rotatable bonds is 7. The molecule has 6 nitrogen and oxygen atoms in total. The van der Waals surface area contributed by atoms with Crippen LogP contribution in [-0.2, 0) is 11.2 Å². The molecule has 0 saturated carbocycles. The predicted octanol–water partition coefficient (Wildman–Crippen LogP) is 2.37. The zero-order valence-electron chi connectivity index (χ0n) is 12.6. The Morgan fingerprint density at radius 2 is 2.00 bits per heavy atom. The Hall–Kier alpha value is -2.63. The van der Waals surface area contributed by atoms with Crippen LogP contribution in [0.3, 0.4) is 0 Å². The largest absolute Gasteiger partial charge is 0.480 e. The summed E-state index contributed by atoms with van der Waals surface area (Å²) in [5.74, 6) is -0.0980. The van der Waals surface area contributed by atoms with Crippen molar-refractivity contribution in [2.24, 2.45) is 0 Å². The first-order chi connectivity index (χ1) is 10.5. The maximum absolute atomic E-state index is 11.4. The van der Waals surface area contributed by atoms with Crippen LogP contribution in [-0.4, -0.2) is 33.2 Å². The van der Waals surface area contributed by atoms with Gasteiger partial charge in [-0.25, -0.2) is 14.8 Å². The molecule has 1 heterocycles. The Bertz CT molecular complexity index is 617. The molecule has 0 spiro atoms. The van der Waals surface area contributed by atoms with Crippen molar-refractivity contribution in [3.8, 4) is 5.88 Å². The minimum absolute atomic E-state index is 0.0117. The highest BCUT2D eigenvalue weighted by Crippen LogP contribution is 2.15. The van der Waals surface area contributed by atoms with Gasteiger partial charge in [0.25, 0.3) is 0 Å². The first-order valence-corrected chi connectivity index (χ1v) is 7.06. The van der Waals surface area contributed by atoms with Crippen LogP contribution in [0.1, 0.15) is 19.4 Å². The van der Waals surface area contributed by atoms with E-state index in [1.165, 1.54) is 6.33 Å². The lowest BCUT2D eigenvalue weighted by molar-refractivity contribution is -0.137. The number of hydrogen-bond donors (Lipinski definition) is 2. The van der Waals surface area contributed by atoms with E-state index in [2.05, 4.69) is 15.3 Å². The van der Waals surface area contributed by atoms with Crippen molar-refractivity contribution < 1.29 is 14.6 Å². The molecule has 22 heavy (non-hydrogen) atoms. The van der Waals surface area contributed by atoms with Crippen LogP contribution in [0.25, 0.3) is 0 Å². The Kier molecular flexibility index (Phi) is 5.30. The van der Waals surface area contributed by atoms with E-state index >= 15 is 0 Å². The summed E-state index contributed by atoms with van der Waals surface area (Å²) in [6, 6.07) is 10.3. The summed E-state index contributed by atoms with van der Waals surface area (Å²) >= 11 is 0. The number of hydrogen-bond acceptors (Lipinski definition) is 5. The Morgan fingerprint density at radius 3 is 2.64 bits per heavy atom. The number of carbonyl (C=O) groups is 1. The molecule has 1 aromatic heterocycles. The first kappa shape index (κ1) is 15.8. The van der Waals surface area contributed by atoms with Crippen LogP contribution < -0.4 is 10.1 Å². The summed E-state index contributed by atoms with van der Waals surface area (Å²) < 4.78 is 5.48. The van der Waals surface area contributed by atoms with Crippen molar-refractivity contribution in [3.63, 3.8) is 0 Å². The maximum Gasteiger partial charge on any atom is 0.326 e. The SMILES string of the molecule is CC(C)Oc1cc(N[C@H](Cc2ccccc2)C(=O)O)ncn1. The molecule has 0 radical (unpaired) electrons. The van der Waals surface area contributed by atoms with Crippen LogP contribution in [0.5, 0.6) is 5.88 Å². The molecular weight excluding hydrogens is 282 g/mol. The molecule has 0 fully saturated rings. The van der Waals surface area contributed by atoms with Crippen LogP contribution in [0.2, 0.25) is 0 Å². The average molecular weight is 301 g/mol. The lowest BCUT2D eigenvalue weighted by Gasteiger charge is -2.16. The fourth-order valence-electron chi connectivity index (χ4n) is 1.95. The molecular formula is C16H19N3O3. The van der Waals surface area contributed by atoms with Gasteiger partial charge in [0, 0.05) is 12.5 Å². The Morgan fingerprint density at radius 1 is 1.27 bits per heavy atom. The third-order valence-corrected chi connectivity index (χ3v) is 2.90. The molecule has 0 aliphatic carbocycles. The highest BCUT2D eigenvalue weighted by molar-refractivity contribution is 5.77. The number of aromatic nitrogens is 2. The highest BCUT2D eigenvalue weighted by atomic mass is 16.5. The van der Waals surface area contributed by atoms with Crippen LogP contribution in [0, 0.1) is 0 Å². The van der Waals surface area contributed by atoms with Crippen molar-refractivity contribution in [2.45, 2.75) is 32.4 Å². The summed E-state index contributed by atoms with van der Waals surface area (Å²) in [5, 5.41) is 12.3. The van der Waals surface area contributed by atoms with Gasteiger partial charge in [0.05, 0.1) is 6.10 Å². The van der Waals surface area contributed by atoms with Gasteiger partial charge in [0.2, 0.25) is 5.88 Å². The topological polar surface area (TPSA) is 84.3 Å². The fourth-order valence-corrected chi connectivity index (χ4v) is 1.95.